The van der Waals surface area contributed by atoms with Gasteiger partial charge >= 0.3 is 0 Å². The summed E-state index contributed by atoms with van der Waals surface area (Å²) in [5.74, 6) is 1.68. The Morgan fingerprint density at radius 1 is 1.43 bits per heavy atom. The number of rotatable bonds is 4. The molecule has 0 aliphatic heterocycles. The number of hydrogen-bond donors (Lipinski definition) is 0. The molecular weight excluding hydrogens is 224 g/mol. The highest BCUT2D eigenvalue weighted by Crippen LogP contribution is 2.19. The fraction of sp³-hybridized carbons (Fsp3) is 0.429. The third-order valence-corrected chi connectivity index (χ3v) is 2.48. The SMILES string of the molecule is ClCCCc1nnc(-c2cnns2)o1. The second-order valence-corrected chi connectivity index (χ2v) is 3.74. The van der Waals surface area contributed by atoms with Gasteiger partial charge in [-0.1, -0.05) is 4.49 Å². The molecule has 0 aromatic carbocycles. The molecule has 0 saturated heterocycles. The molecule has 74 valence electrons. The highest BCUT2D eigenvalue weighted by atomic mass is 35.5. The van der Waals surface area contributed by atoms with Gasteiger partial charge in [0, 0.05) is 12.3 Å². The lowest BCUT2D eigenvalue weighted by Gasteiger charge is -1.88. The number of halogens is 1. The molecule has 7 heteroatoms. The summed E-state index contributed by atoms with van der Waals surface area (Å²) in [4.78, 5) is 0.787. The van der Waals surface area contributed by atoms with Crippen LogP contribution in [-0.2, 0) is 6.42 Å². The second kappa shape index (κ2) is 4.47. The van der Waals surface area contributed by atoms with Gasteiger partial charge in [0.1, 0.15) is 4.88 Å². The Kier molecular flexibility index (Phi) is 3.05. The van der Waals surface area contributed by atoms with E-state index in [1.165, 1.54) is 11.5 Å². The molecule has 0 aliphatic rings. The van der Waals surface area contributed by atoms with Crippen LogP contribution in [0.1, 0.15) is 12.3 Å². The van der Waals surface area contributed by atoms with Gasteiger partial charge in [-0.2, -0.15) is 0 Å². The molecule has 5 nitrogen and oxygen atoms in total. The Hall–Kier alpha value is -1.01. The zero-order valence-corrected chi connectivity index (χ0v) is 8.75. The summed E-state index contributed by atoms with van der Waals surface area (Å²) in [6.07, 6.45) is 3.15. The fourth-order valence-electron chi connectivity index (χ4n) is 0.934. The summed E-state index contributed by atoms with van der Waals surface area (Å²) in [5.41, 5.74) is 0. The Balaban J connectivity index is 2.10. The highest BCUT2D eigenvalue weighted by molar-refractivity contribution is 7.09. The molecule has 0 atom stereocenters. The molecule has 0 spiro atoms. The molecule has 0 amide bonds. The van der Waals surface area contributed by atoms with Crippen molar-refractivity contribution in [3.05, 3.63) is 12.1 Å². The molecule has 0 radical (unpaired) electrons. The van der Waals surface area contributed by atoms with Crippen molar-refractivity contribution in [1.29, 1.82) is 0 Å². The number of hydrogen-bond acceptors (Lipinski definition) is 6. The largest absolute Gasteiger partial charge is 0.420 e. The molecule has 0 unspecified atom stereocenters. The number of aromatic nitrogens is 4. The van der Waals surface area contributed by atoms with Gasteiger partial charge in [0.25, 0.3) is 5.89 Å². The van der Waals surface area contributed by atoms with E-state index in [1.807, 2.05) is 0 Å². The van der Waals surface area contributed by atoms with E-state index in [-0.39, 0.29) is 0 Å². The van der Waals surface area contributed by atoms with Crippen molar-refractivity contribution in [2.45, 2.75) is 12.8 Å². The van der Waals surface area contributed by atoms with Crippen LogP contribution in [0.3, 0.4) is 0 Å². The Labute approximate surface area is 89.3 Å². The van der Waals surface area contributed by atoms with Gasteiger partial charge in [-0.05, 0) is 18.0 Å². The van der Waals surface area contributed by atoms with Crippen molar-refractivity contribution in [2.24, 2.45) is 0 Å². The first-order valence-electron chi connectivity index (χ1n) is 4.06. The fourth-order valence-corrected chi connectivity index (χ4v) is 1.50. The van der Waals surface area contributed by atoms with Gasteiger partial charge in [-0.15, -0.1) is 26.9 Å². The van der Waals surface area contributed by atoms with Gasteiger partial charge in [0.2, 0.25) is 5.89 Å². The van der Waals surface area contributed by atoms with Crippen LogP contribution in [0.2, 0.25) is 0 Å². The molecule has 0 bridgehead atoms. The maximum absolute atomic E-state index is 5.55. The monoisotopic (exact) mass is 230 g/mol. The summed E-state index contributed by atoms with van der Waals surface area (Å²) in [6, 6.07) is 0. The first-order valence-corrected chi connectivity index (χ1v) is 5.37. The van der Waals surface area contributed by atoms with Crippen LogP contribution in [0.5, 0.6) is 0 Å². The van der Waals surface area contributed by atoms with Crippen molar-refractivity contribution >= 4 is 23.1 Å². The van der Waals surface area contributed by atoms with Gasteiger partial charge in [-0.3, -0.25) is 0 Å². The lowest BCUT2D eigenvalue weighted by Crippen LogP contribution is -1.85. The van der Waals surface area contributed by atoms with E-state index in [9.17, 15) is 0 Å². The summed E-state index contributed by atoms with van der Waals surface area (Å²) >= 11 is 6.78. The molecule has 0 N–H and O–H groups in total. The standard InChI is InChI=1S/C7H7ClN4OS/c8-3-1-2-6-10-11-7(13-6)5-4-9-12-14-5/h4H,1-3H2. The summed E-state index contributed by atoms with van der Waals surface area (Å²) < 4.78 is 9.09. The van der Waals surface area contributed by atoms with E-state index < -0.39 is 0 Å². The van der Waals surface area contributed by atoms with E-state index in [0.29, 0.717) is 24.1 Å². The van der Waals surface area contributed by atoms with Crippen LogP contribution in [0.25, 0.3) is 10.8 Å². The predicted octanol–water partition coefficient (Wildman–Crippen LogP) is 1.76. The van der Waals surface area contributed by atoms with Gasteiger partial charge in [0.15, 0.2) is 0 Å². The maximum Gasteiger partial charge on any atom is 0.261 e. The number of alkyl halides is 1. The van der Waals surface area contributed by atoms with E-state index in [4.69, 9.17) is 16.0 Å². The van der Waals surface area contributed by atoms with Crippen molar-refractivity contribution in [3.63, 3.8) is 0 Å². The first-order chi connectivity index (χ1) is 6.90. The van der Waals surface area contributed by atoms with E-state index in [0.717, 1.165) is 11.3 Å². The van der Waals surface area contributed by atoms with Crippen LogP contribution in [0, 0.1) is 0 Å². The quantitative estimate of drug-likeness (QED) is 0.749. The topological polar surface area (TPSA) is 64.7 Å². The number of aryl methyl sites for hydroxylation is 1. The summed E-state index contributed by atoms with van der Waals surface area (Å²) in [5, 5.41) is 11.5. The third-order valence-electron chi connectivity index (χ3n) is 1.56. The Morgan fingerprint density at radius 2 is 2.36 bits per heavy atom. The summed E-state index contributed by atoms with van der Waals surface area (Å²) in [6.45, 7) is 0. The van der Waals surface area contributed by atoms with Gasteiger partial charge in [0.05, 0.1) is 6.20 Å². The minimum atomic E-state index is 0.476. The van der Waals surface area contributed by atoms with Gasteiger partial charge in [-0.25, -0.2) is 0 Å². The van der Waals surface area contributed by atoms with Crippen molar-refractivity contribution in [3.8, 4) is 10.8 Å². The average molecular weight is 231 g/mol. The molecule has 0 aliphatic carbocycles. The molecule has 2 aromatic rings. The normalized spacial score (nSPS) is 10.6. The lowest BCUT2D eigenvalue weighted by molar-refractivity contribution is 0.503. The van der Waals surface area contributed by atoms with Gasteiger partial charge < -0.3 is 4.42 Å². The molecular formula is C7H7ClN4OS. The van der Waals surface area contributed by atoms with Crippen molar-refractivity contribution in [2.75, 3.05) is 5.88 Å². The molecule has 0 fully saturated rings. The third kappa shape index (κ3) is 2.08. The molecule has 2 rings (SSSR count). The zero-order chi connectivity index (χ0) is 9.80. The van der Waals surface area contributed by atoms with Crippen LogP contribution in [0.15, 0.2) is 10.6 Å². The molecule has 2 aromatic heterocycles. The van der Waals surface area contributed by atoms with E-state index in [2.05, 4.69) is 19.8 Å². The minimum Gasteiger partial charge on any atom is -0.420 e. The van der Waals surface area contributed by atoms with Crippen LogP contribution < -0.4 is 0 Å². The molecule has 2 heterocycles. The summed E-state index contributed by atoms with van der Waals surface area (Å²) in [7, 11) is 0. The van der Waals surface area contributed by atoms with E-state index >= 15 is 0 Å². The van der Waals surface area contributed by atoms with Crippen LogP contribution in [-0.4, -0.2) is 25.7 Å². The van der Waals surface area contributed by atoms with Crippen LogP contribution >= 0.6 is 23.1 Å². The second-order valence-electron chi connectivity index (χ2n) is 2.58. The Bertz CT molecular complexity index is 388. The highest BCUT2D eigenvalue weighted by Gasteiger charge is 2.09. The molecule has 0 saturated carbocycles. The zero-order valence-electron chi connectivity index (χ0n) is 7.18. The first kappa shape index (κ1) is 9.54. The minimum absolute atomic E-state index is 0.476. The van der Waals surface area contributed by atoms with E-state index in [1.54, 1.807) is 6.20 Å². The lowest BCUT2D eigenvalue weighted by atomic mass is 10.3. The average Bonchev–Trinajstić information content (AvgIpc) is 2.85. The number of nitrogens with zero attached hydrogens (tertiary/aromatic N) is 4. The Morgan fingerprint density at radius 3 is 3.07 bits per heavy atom. The smallest absolute Gasteiger partial charge is 0.261 e. The molecule has 14 heavy (non-hydrogen) atoms. The van der Waals surface area contributed by atoms with Crippen LogP contribution in [0.4, 0.5) is 0 Å². The van der Waals surface area contributed by atoms with Crippen molar-refractivity contribution in [1.82, 2.24) is 19.8 Å². The predicted molar refractivity (Wildman–Crippen MR) is 52.2 cm³/mol. The van der Waals surface area contributed by atoms with Crippen molar-refractivity contribution < 1.29 is 4.42 Å². The maximum atomic E-state index is 5.55.